The second kappa shape index (κ2) is 8.47. The first-order chi connectivity index (χ1) is 18.7. The maximum Gasteiger partial charge on any atom is 0.226 e. The summed E-state index contributed by atoms with van der Waals surface area (Å²) in [6.07, 6.45) is 9.66. The van der Waals surface area contributed by atoms with E-state index in [1.807, 2.05) is 12.1 Å². The Labute approximate surface area is 221 Å². The Morgan fingerprint density at radius 2 is 1.84 bits per heavy atom. The number of halogens is 1. The van der Waals surface area contributed by atoms with Gasteiger partial charge in [-0.3, -0.25) is 0 Å². The standard InChI is InChI=1S/C26H22ClN9O2/c27-18-7-14(1-2-22(18)37-15-5-6-36-23(8-15)30-13-32-36)33-25-24-19(29-12-31-25)9-28-26(34-24)35-10-16-17(11-35)21-4-3-20(16)38-21/h1-2,5-9,12-13,16-17,20-21H,3-4,10-11H2,(H,29,31,33)/t16-,17+,20-,21+. The monoisotopic (exact) mass is 527 g/mol. The lowest BCUT2D eigenvalue weighted by molar-refractivity contribution is 0.0849. The molecule has 3 fully saturated rings. The SMILES string of the molecule is Clc1cc(Nc2ncnc3cnc(N4C[C@@H]5[C@H](C4)[C@@H]4CC[C@H]5O4)nc23)ccc1Oc1ccn2ncnc2c1. The molecule has 2 bridgehead atoms. The molecule has 1 aromatic carbocycles. The van der Waals surface area contributed by atoms with E-state index in [1.165, 1.54) is 25.5 Å². The molecule has 3 aliphatic heterocycles. The number of hydrogen-bond acceptors (Lipinski definition) is 10. The van der Waals surface area contributed by atoms with Crippen molar-refractivity contribution in [2.45, 2.75) is 25.0 Å². The van der Waals surface area contributed by atoms with Crippen LogP contribution in [0.3, 0.4) is 0 Å². The van der Waals surface area contributed by atoms with Gasteiger partial charge in [0.25, 0.3) is 0 Å². The molecular weight excluding hydrogens is 506 g/mol. The maximum absolute atomic E-state index is 6.57. The summed E-state index contributed by atoms with van der Waals surface area (Å²) in [4.78, 5) is 24.8. The molecule has 4 atom stereocenters. The van der Waals surface area contributed by atoms with Crippen LogP contribution in [0.25, 0.3) is 16.7 Å². The summed E-state index contributed by atoms with van der Waals surface area (Å²) in [6.45, 7) is 1.85. The number of aromatic nitrogens is 7. The van der Waals surface area contributed by atoms with Gasteiger partial charge in [0.15, 0.2) is 11.5 Å². The zero-order chi connectivity index (χ0) is 25.2. The fourth-order valence-corrected chi connectivity index (χ4v) is 6.22. The molecule has 12 heteroatoms. The van der Waals surface area contributed by atoms with Gasteiger partial charge in [0.2, 0.25) is 5.95 Å². The van der Waals surface area contributed by atoms with Crippen LogP contribution < -0.4 is 15.0 Å². The summed E-state index contributed by atoms with van der Waals surface area (Å²) < 4.78 is 13.8. The first-order valence-electron chi connectivity index (χ1n) is 12.6. The van der Waals surface area contributed by atoms with E-state index in [0.29, 0.717) is 69.0 Å². The molecule has 8 rings (SSSR count). The fraction of sp³-hybridized carbons (Fsp3) is 0.308. The van der Waals surface area contributed by atoms with Crippen molar-refractivity contribution in [2.24, 2.45) is 11.8 Å². The molecule has 38 heavy (non-hydrogen) atoms. The van der Waals surface area contributed by atoms with Gasteiger partial charge in [0.1, 0.15) is 35.2 Å². The van der Waals surface area contributed by atoms with Crippen molar-refractivity contribution in [2.75, 3.05) is 23.3 Å². The molecule has 190 valence electrons. The van der Waals surface area contributed by atoms with E-state index < -0.39 is 0 Å². The Kier molecular flexibility index (Phi) is 4.89. The number of benzene rings is 1. The number of nitrogens with zero attached hydrogens (tertiary/aromatic N) is 8. The quantitative estimate of drug-likeness (QED) is 0.355. The van der Waals surface area contributed by atoms with E-state index in [-0.39, 0.29) is 0 Å². The van der Waals surface area contributed by atoms with Gasteiger partial charge in [-0.2, -0.15) is 5.10 Å². The van der Waals surface area contributed by atoms with Gasteiger partial charge in [0.05, 0.1) is 23.4 Å². The van der Waals surface area contributed by atoms with Crippen LogP contribution in [-0.2, 0) is 4.74 Å². The summed E-state index contributed by atoms with van der Waals surface area (Å²) in [5, 5.41) is 7.88. The summed E-state index contributed by atoms with van der Waals surface area (Å²) in [7, 11) is 0. The molecule has 7 heterocycles. The number of pyridine rings is 1. The average Bonchev–Trinajstić information content (AvgIpc) is 3.72. The number of fused-ring (bicyclic) bond motifs is 7. The van der Waals surface area contributed by atoms with E-state index in [4.69, 9.17) is 26.1 Å². The van der Waals surface area contributed by atoms with Crippen LogP contribution in [0.4, 0.5) is 17.5 Å². The summed E-state index contributed by atoms with van der Waals surface area (Å²) in [5.41, 5.74) is 2.77. The zero-order valence-electron chi connectivity index (χ0n) is 20.1. The van der Waals surface area contributed by atoms with E-state index in [1.54, 1.807) is 35.1 Å². The number of nitrogens with one attached hydrogen (secondary N) is 1. The second-order valence-corrected chi connectivity index (χ2v) is 10.4. The van der Waals surface area contributed by atoms with Crippen molar-refractivity contribution in [1.82, 2.24) is 34.5 Å². The highest BCUT2D eigenvalue weighted by Crippen LogP contribution is 2.47. The van der Waals surface area contributed by atoms with Gasteiger partial charge >= 0.3 is 0 Å². The summed E-state index contributed by atoms with van der Waals surface area (Å²) >= 11 is 6.57. The molecule has 3 aliphatic rings. The van der Waals surface area contributed by atoms with Crippen LogP contribution >= 0.6 is 11.6 Å². The largest absolute Gasteiger partial charge is 0.456 e. The Hall–Kier alpha value is -4.09. The van der Waals surface area contributed by atoms with Crippen LogP contribution in [0.1, 0.15) is 12.8 Å². The number of rotatable bonds is 5. The van der Waals surface area contributed by atoms with Crippen molar-refractivity contribution < 1.29 is 9.47 Å². The fourth-order valence-electron chi connectivity index (χ4n) is 6.00. The Morgan fingerprint density at radius 1 is 0.974 bits per heavy atom. The third kappa shape index (κ3) is 3.61. The van der Waals surface area contributed by atoms with Crippen LogP contribution in [0.15, 0.2) is 55.4 Å². The molecule has 0 spiro atoms. The highest BCUT2D eigenvalue weighted by molar-refractivity contribution is 6.32. The molecule has 11 nitrogen and oxygen atoms in total. The van der Waals surface area contributed by atoms with Gasteiger partial charge in [0, 0.05) is 42.9 Å². The highest BCUT2D eigenvalue weighted by atomic mass is 35.5. The number of ether oxygens (including phenoxy) is 2. The molecule has 0 aliphatic carbocycles. The topological polar surface area (TPSA) is 115 Å². The first-order valence-corrected chi connectivity index (χ1v) is 13.0. The zero-order valence-corrected chi connectivity index (χ0v) is 20.9. The Morgan fingerprint density at radius 3 is 2.68 bits per heavy atom. The number of hydrogen-bond donors (Lipinski definition) is 1. The van der Waals surface area contributed by atoms with Crippen LogP contribution in [0, 0.1) is 11.8 Å². The lowest BCUT2D eigenvalue weighted by atomic mass is 9.82. The molecule has 3 saturated heterocycles. The van der Waals surface area contributed by atoms with Gasteiger partial charge in [-0.25, -0.2) is 29.4 Å². The van der Waals surface area contributed by atoms with Crippen molar-refractivity contribution in [3.05, 3.63) is 60.4 Å². The molecule has 1 N–H and O–H groups in total. The van der Waals surface area contributed by atoms with Crippen LogP contribution in [0.2, 0.25) is 5.02 Å². The molecular formula is C26H22ClN9O2. The van der Waals surface area contributed by atoms with Crippen LogP contribution in [-0.4, -0.2) is 59.8 Å². The van der Waals surface area contributed by atoms with Crippen LogP contribution in [0.5, 0.6) is 11.5 Å². The molecule has 0 amide bonds. The van der Waals surface area contributed by atoms with Gasteiger partial charge < -0.3 is 19.7 Å². The van der Waals surface area contributed by atoms with Gasteiger partial charge in [-0.05, 0) is 37.1 Å². The Bertz CT molecular complexity index is 1680. The smallest absolute Gasteiger partial charge is 0.226 e. The Balaban J connectivity index is 1.04. The lowest BCUT2D eigenvalue weighted by Crippen LogP contribution is -2.26. The predicted molar refractivity (Wildman–Crippen MR) is 140 cm³/mol. The van der Waals surface area contributed by atoms with Crippen molar-refractivity contribution >= 4 is 45.7 Å². The van der Waals surface area contributed by atoms with Crippen molar-refractivity contribution in [1.29, 1.82) is 0 Å². The lowest BCUT2D eigenvalue weighted by Gasteiger charge is -2.19. The van der Waals surface area contributed by atoms with Gasteiger partial charge in [-0.15, -0.1) is 0 Å². The minimum atomic E-state index is 0.387. The van der Waals surface area contributed by atoms with E-state index in [2.05, 4.69) is 35.3 Å². The highest BCUT2D eigenvalue weighted by Gasteiger charge is 2.53. The molecule has 0 radical (unpaired) electrons. The van der Waals surface area contributed by atoms with Crippen molar-refractivity contribution in [3.63, 3.8) is 0 Å². The minimum absolute atomic E-state index is 0.387. The van der Waals surface area contributed by atoms with Gasteiger partial charge in [-0.1, -0.05) is 11.6 Å². The number of anilines is 3. The average molecular weight is 528 g/mol. The second-order valence-electron chi connectivity index (χ2n) is 9.95. The predicted octanol–water partition coefficient (Wildman–Crippen LogP) is 4.27. The normalized spacial score (nSPS) is 23.9. The molecule has 5 aromatic rings. The maximum atomic E-state index is 6.57. The minimum Gasteiger partial charge on any atom is -0.456 e. The van der Waals surface area contributed by atoms with Crippen molar-refractivity contribution in [3.8, 4) is 11.5 Å². The summed E-state index contributed by atoms with van der Waals surface area (Å²) in [5.74, 6) is 3.57. The van der Waals surface area contributed by atoms with E-state index in [0.717, 1.165) is 18.8 Å². The van der Waals surface area contributed by atoms with E-state index in [9.17, 15) is 0 Å². The van der Waals surface area contributed by atoms with E-state index >= 15 is 0 Å². The third-order valence-corrected chi connectivity index (χ3v) is 8.07. The first kappa shape index (κ1) is 21.9. The summed E-state index contributed by atoms with van der Waals surface area (Å²) in [6, 6.07) is 9.08. The third-order valence-electron chi connectivity index (χ3n) is 7.77. The molecule has 0 unspecified atom stereocenters. The molecule has 0 saturated carbocycles. The molecule has 4 aromatic heterocycles.